The van der Waals surface area contributed by atoms with Crippen molar-refractivity contribution in [2.45, 2.75) is 50.8 Å². The van der Waals surface area contributed by atoms with Crippen molar-refractivity contribution >= 4 is 17.3 Å². The van der Waals surface area contributed by atoms with Crippen LogP contribution in [0, 0.1) is 0 Å². The Labute approximate surface area is 150 Å². The number of ether oxygens (including phenoxy) is 1. The zero-order valence-corrected chi connectivity index (χ0v) is 15.2. The zero-order chi connectivity index (χ0) is 18.1. The lowest BCUT2D eigenvalue weighted by Gasteiger charge is -2.13. The van der Waals surface area contributed by atoms with Gasteiger partial charge in [0, 0.05) is 38.5 Å². The fourth-order valence-corrected chi connectivity index (χ4v) is 3.45. The van der Waals surface area contributed by atoms with Gasteiger partial charge in [-0.1, -0.05) is 12.8 Å². The van der Waals surface area contributed by atoms with E-state index in [1.165, 1.54) is 25.7 Å². The number of alkyl halides is 3. The second-order valence-corrected chi connectivity index (χ2v) is 6.87. The number of hydrogen-bond donors (Lipinski definition) is 2. The van der Waals surface area contributed by atoms with Crippen molar-refractivity contribution in [1.29, 1.82) is 0 Å². The molecule has 0 saturated heterocycles. The van der Waals surface area contributed by atoms with Crippen molar-refractivity contribution in [3.63, 3.8) is 0 Å². The van der Waals surface area contributed by atoms with Crippen molar-refractivity contribution in [3.8, 4) is 0 Å². The van der Waals surface area contributed by atoms with Crippen LogP contribution in [0.5, 0.6) is 0 Å². The Kier molecular flexibility index (Phi) is 7.95. The molecular weight excluding hydrogens is 353 g/mol. The Balaban J connectivity index is 1.57. The van der Waals surface area contributed by atoms with Crippen LogP contribution in [0.4, 0.5) is 13.2 Å². The molecule has 1 heterocycles. The van der Waals surface area contributed by atoms with Gasteiger partial charge in [0.25, 0.3) is 0 Å². The predicted molar refractivity (Wildman–Crippen MR) is 93.0 cm³/mol. The number of nitrogens with zero attached hydrogens (tertiary/aromatic N) is 2. The molecular formula is C16H25F3N4OS. The maximum atomic E-state index is 12.5. The molecule has 0 amide bonds. The molecule has 5 nitrogen and oxygen atoms in total. The van der Waals surface area contributed by atoms with E-state index in [-0.39, 0.29) is 0 Å². The molecule has 9 heteroatoms. The monoisotopic (exact) mass is 378 g/mol. The van der Waals surface area contributed by atoms with E-state index >= 15 is 0 Å². The molecule has 1 aromatic heterocycles. The highest BCUT2D eigenvalue weighted by Crippen LogP contribution is 2.30. The van der Waals surface area contributed by atoms with E-state index < -0.39 is 11.9 Å². The molecule has 1 saturated carbocycles. The molecule has 2 rings (SSSR count). The fourth-order valence-electron chi connectivity index (χ4n) is 2.65. The molecule has 1 aliphatic carbocycles. The third kappa shape index (κ3) is 7.19. The van der Waals surface area contributed by atoms with Crippen molar-refractivity contribution in [2.75, 3.05) is 26.7 Å². The van der Waals surface area contributed by atoms with Gasteiger partial charge in [-0.05, 0) is 19.3 Å². The fraction of sp³-hybridized carbons (Fsp3) is 0.750. The maximum Gasteiger partial charge on any atom is 0.434 e. The normalized spacial score (nSPS) is 16.4. The van der Waals surface area contributed by atoms with Crippen LogP contribution >= 0.6 is 11.3 Å². The van der Waals surface area contributed by atoms with Crippen LogP contribution in [-0.2, 0) is 17.3 Å². The van der Waals surface area contributed by atoms with Crippen LogP contribution in [0.1, 0.15) is 42.8 Å². The summed E-state index contributed by atoms with van der Waals surface area (Å²) in [7, 11) is 1.66. The van der Waals surface area contributed by atoms with Crippen molar-refractivity contribution < 1.29 is 17.9 Å². The van der Waals surface area contributed by atoms with Crippen LogP contribution in [0.2, 0.25) is 0 Å². The SMILES string of the molecule is CN=C(NCCCOC1CCCC1)NCCc1nc(C(F)(F)F)cs1. The number of halogens is 3. The third-order valence-electron chi connectivity index (χ3n) is 3.97. The summed E-state index contributed by atoms with van der Waals surface area (Å²) < 4.78 is 43.3. The zero-order valence-electron chi connectivity index (χ0n) is 14.4. The average Bonchev–Trinajstić information content (AvgIpc) is 3.24. The largest absolute Gasteiger partial charge is 0.434 e. The van der Waals surface area contributed by atoms with Gasteiger partial charge in [0.05, 0.1) is 11.1 Å². The second kappa shape index (κ2) is 9.96. The molecule has 142 valence electrons. The van der Waals surface area contributed by atoms with Crippen molar-refractivity contribution in [3.05, 3.63) is 16.1 Å². The third-order valence-corrected chi connectivity index (χ3v) is 4.88. The minimum absolute atomic E-state index is 0.423. The van der Waals surface area contributed by atoms with E-state index in [9.17, 15) is 13.2 Å². The van der Waals surface area contributed by atoms with Gasteiger partial charge in [0.15, 0.2) is 11.7 Å². The summed E-state index contributed by atoms with van der Waals surface area (Å²) in [5.41, 5.74) is -0.822. The first kappa shape index (κ1) is 20.0. The van der Waals surface area contributed by atoms with Crippen molar-refractivity contribution in [1.82, 2.24) is 15.6 Å². The number of thiazole rings is 1. The molecule has 2 N–H and O–H groups in total. The van der Waals surface area contributed by atoms with Gasteiger partial charge >= 0.3 is 6.18 Å². The Hall–Kier alpha value is -1.35. The first-order chi connectivity index (χ1) is 12.0. The van der Waals surface area contributed by atoms with E-state index in [0.717, 1.165) is 36.3 Å². The molecule has 0 radical (unpaired) electrons. The minimum atomic E-state index is -4.37. The molecule has 1 aliphatic rings. The molecule has 1 fully saturated rings. The van der Waals surface area contributed by atoms with E-state index in [1.807, 2.05) is 0 Å². The van der Waals surface area contributed by atoms with Gasteiger partial charge in [0.1, 0.15) is 0 Å². The Morgan fingerprint density at radius 3 is 2.68 bits per heavy atom. The van der Waals surface area contributed by atoms with Crippen LogP contribution in [0.3, 0.4) is 0 Å². The van der Waals surface area contributed by atoms with Gasteiger partial charge in [-0.2, -0.15) is 13.2 Å². The van der Waals surface area contributed by atoms with Crippen molar-refractivity contribution in [2.24, 2.45) is 4.99 Å². The highest BCUT2D eigenvalue weighted by Gasteiger charge is 2.33. The average molecular weight is 378 g/mol. The summed E-state index contributed by atoms with van der Waals surface area (Å²) in [6, 6.07) is 0. The van der Waals surface area contributed by atoms with Crippen LogP contribution in [0.25, 0.3) is 0 Å². The molecule has 0 spiro atoms. The molecule has 0 atom stereocenters. The standard InChI is InChI=1S/C16H25F3N4OS/c1-20-15(21-8-4-10-24-12-5-2-3-6-12)22-9-7-14-23-13(11-25-14)16(17,18)19/h11-12H,2-10H2,1H3,(H2,20,21,22). The van der Waals surface area contributed by atoms with E-state index in [2.05, 4.69) is 20.6 Å². The number of hydrogen-bond acceptors (Lipinski definition) is 4. The van der Waals surface area contributed by atoms with Crippen LogP contribution in [-0.4, -0.2) is 43.8 Å². The number of rotatable bonds is 8. The number of aliphatic imine (C=N–C) groups is 1. The molecule has 25 heavy (non-hydrogen) atoms. The summed E-state index contributed by atoms with van der Waals surface area (Å²) in [5.74, 6) is 0.633. The molecule has 0 aliphatic heterocycles. The number of guanidine groups is 1. The first-order valence-electron chi connectivity index (χ1n) is 8.57. The second-order valence-electron chi connectivity index (χ2n) is 5.93. The lowest BCUT2D eigenvalue weighted by molar-refractivity contribution is -0.140. The Morgan fingerprint density at radius 1 is 1.32 bits per heavy atom. The van der Waals surface area contributed by atoms with Gasteiger partial charge in [-0.3, -0.25) is 4.99 Å². The molecule has 1 aromatic rings. The lowest BCUT2D eigenvalue weighted by atomic mass is 10.3. The van der Waals surface area contributed by atoms with Gasteiger partial charge in [-0.15, -0.1) is 11.3 Å². The maximum absolute atomic E-state index is 12.5. The molecule has 0 bridgehead atoms. The summed E-state index contributed by atoms with van der Waals surface area (Å²) in [6.07, 6.45) is 2.24. The smallest absolute Gasteiger partial charge is 0.378 e. The Bertz CT molecular complexity index is 542. The quantitative estimate of drug-likeness (QED) is 0.414. The van der Waals surface area contributed by atoms with E-state index in [1.54, 1.807) is 7.05 Å². The lowest BCUT2D eigenvalue weighted by Crippen LogP contribution is -2.39. The highest BCUT2D eigenvalue weighted by molar-refractivity contribution is 7.09. The highest BCUT2D eigenvalue weighted by atomic mass is 32.1. The molecule has 0 unspecified atom stereocenters. The van der Waals surface area contributed by atoms with Gasteiger partial charge in [-0.25, -0.2) is 4.98 Å². The molecule has 0 aromatic carbocycles. The Morgan fingerprint density at radius 2 is 2.04 bits per heavy atom. The summed E-state index contributed by atoms with van der Waals surface area (Å²) >= 11 is 1.02. The van der Waals surface area contributed by atoms with E-state index in [4.69, 9.17) is 4.74 Å². The number of aromatic nitrogens is 1. The number of nitrogens with one attached hydrogen (secondary N) is 2. The summed E-state index contributed by atoms with van der Waals surface area (Å²) in [4.78, 5) is 7.70. The van der Waals surface area contributed by atoms with Crippen LogP contribution < -0.4 is 10.6 Å². The van der Waals surface area contributed by atoms with Crippen LogP contribution in [0.15, 0.2) is 10.4 Å². The summed E-state index contributed by atoms with van der Waals surface area (Å²) in [6.45, 7) is 1.94. The summed E-state index contributed by atoms with van der Waals surface area (Å²) in [5, 5.41) is 7.76. The minimum Gasteiger partial charge on any atom is -0.378 e. The van der Waals surface area contributed by atoms with Gasteiger partial charge < -0.3 is 15.4 Å². The predicted octanol–water partition coefficient (Wildman–Crippen LogP) is 3.22. The first-order valence-corrected chi connectivity index (χ1v) is 9.44. The van der Waals surface area contributed by atoms with Gasteiger partial charge in [0.2, 0.25) is 0 Å². The topological polar surface area (TPSA) is 58.5 Å². The van der Waals surface area contributed by atoms with E-state index in [0.29, 0.717) is 30.0 Å².